The molecule has 0 bridgehead atoms. The lowest BCUT2D eigenvalue weighted by atomic mass is 9.82. The fourth-order valence-electron chi connectivity index (χ4n) is 4.25. The number of aliphatic hydroxyl groups excluding tert-OH is 1. The first kappa shape index (κ1) is 14.8. The molecule has 3 fully saturated rings. The van der Waals surface area contributed by atoms with E-state index in [1.54, 1.807) is 0 Å². The maximum absolute atomic E-state index is 9.16. The number of hydrogen-bond acceptors (Lipinski definition) is 4. The average molecular weight is 283 g/mol. The fraction of sp³-hybridized carbons (Fsp3) is 1.00. The zero-order chi connectivity index (χ0) is 13.8. The van der Waals surface area contributed by atoms with Gasteiger partial charge in [-0.1, -0.05) is 0 Å². The van der Waals surface area contributed by atoms with E-state index in [0.29, 0.717) is 18.6 Å². The minimum absolute atomic E-state index is 0.102. The first-order valence-electron chi connectivity index (χ1n) is 8.38. The molecule has 2 atom stereocenters. The number of piperidine rings is 1. The number of rotatable bonds is 3. The molecular formula is C16H29NO3. The molecule has 0 aromatic rings. The van der Waals surface area contributed by atoms with Gasteiger partial charge in [-0.05, 0) is 57.4 Å². The Morgan fingerprint density at radius 3 is 2.80 bits per heavy atom. The highest BCUT2D eigenvalue weighted by Gasteiger charge is 2.41. The fourth-order valence-corrected chi connectivity index (χ4v) is 4.25. The van der Waals surface area contributed by atoms with Crippen molar-refractivity contribution < 1.29 is 14.6 Å². The molecule has 4 nitrogen and oxygen atoms in total. The van der Waals surface area contributed by atoms with Crippen molar-refractivity contribution in [3.63, 3.8) is 0 Å². The van der Waals surface area contributed by atoms with Gasteiger partial charge < -0.3 is 14.6 Å². The minimum Gasteiger partial charge on any atom is -0.396 e. The lowest BCUT2D eigenvalue weighted by Crippen LogP contribution is -2.53. The van der Waals surface area contributed by atoms with Crippen LogP contribution in [0.3, 0.4) is 0 Å². The van der Waals surface area contributed by atoms with Crippen LogP contribution in [0.5, 0.6) is 0 Å². The molecule has 20 heavy (non-hydrogen) atoms. The number of nitrogens with zero attached hydrogens (tertiary/aromatic N) is 1. The minimum atomic E-state index is 0.102. The van der Waals surface area contributed by atoms with E-state index in [2.05, 4.69) is 4.90 Å². The van der Waals surface area contributed by atoms with Gasteiger partial charge in [0.1, 0.15) is 0 Å². The summed E-state index contributed by atoms with van der Waals surface area (Å²) in [7, 11) is 0. The molecule has 0 aliphatic carbocycles. The summed E-state index contributed by atoms with van der Waals surface area (Å²) in [6, 6.07) is 0.684. The van der Waals surface area contributed by atoms with Crippen LogP contribution in [-0.4, -0.2) is 61.2 Å². The van der Waals surface area contributed by atoms with Gasteiger partial charge in [-0.15, -0.1) is 0 Å². The average Bonchev–Trinajstić information content (AvgIpc) is 2.49. The van der Waals surface area contributed by atoms with Gasteiger partial charge in [0.05, 0.1) is 5.60 Å². The first-order chi connectivity index (χ1) is 9.81. The molecule has 3 saturated heterocycles. The second kappa shape index (κ2) is 6.73. The third-order valence-electron chi connectivity index (χ3n) is 5.48. The monoisotopic (exact) mass is 283 g/mol. The van der Waals surface area contributed by atoms with Gasteiger partial charge in [-0.25, -0.2) is 0 Å². The van der Waals surface area contributed by atoms with Gasteiger partial charge in [0, 0.05) is 39.0 Å². The van der Waals surface area contributed by atoms with Crippen molar-refractivity contribution in [1.82, 2.24) is 4.90 Å². The van der Waals surface area contributed by atoms with E-state index in [1.165, 1.54) is 38.8 Å². The van der Waals surface area contributed by atoms with Crippen LogP contribution in [0, 0.1) is 5.92 Å². The molecule has 3 heterocycles. The quantitative estimate of drug-likeness (QED) is 0.858. The standard InChI is InChI=1S/C16H29NO3/c18-8-3-14-2-1-7-17(13-14)15-4-9-20-16(12-15)5-10-19-11-6-16/h14-15,18H,1-13H2. The molecule has 0 radical (unpaired) electrons. The number of hydrogen-bond donors (Lipinski definition) is 1. The molecule has 0 aromatic carbocycles. The normalized spacial score (nSPS) is 35.2. The van der Waals surface area contributed by atoms with Gasteiger partial charge in [0.15, 0.2) is 0 Å². The van der Waals surface area contributed by atoms with E-state index in [4.69, 9.17) is 14.6 Å². The molecule has 1 spiro atoms. The van der Waals surface area contributed by atoms with E-state index in [9.17, 15) is 0 Å². The lowest BCUT2D eigenvalue weighted by molar-refractivity contribution is -0.153. The highest BCUT2D eigenvalue weighted by Crippen LogP contribution is 2.37. The van der Waals surface area contributed by atoms with Crippen LogP contribution in [0.4, 0.5) is 0 Å². The smallest absolute Gasteiger partial charge is 0.0741 e. The summed E-state index contributed by atoms with van der Waals surface area (Å²) in [5.41, 5.74) is 0.102. The topological polar surface area (TPSA) is 41.9 Å². The van der Waals surface area contributed by atoms with Gasteiger partial charge in [0.25, 0.3) is 0 Å². The zero-order valence-corrected chi connectivity index (χ0v) is 12.6. The molecular weight excluding hydrogens is 254 g/mol. The number of likely N-dealkylation sites (tertiary alicyclic amines) is 1. The first-order valence-corrected chi connectivity index (χ1v) is 8.38. The van der Waals surface area contributed by atoms with Gasteiger partial charge >= 0.3 is 0 Å². The van der Waals surface area contributed by atoms with Crippen molar-refractivity contribution in [2.24, 2.45) is 5.92 Å². The van der Waals surface area contributed by atoms with Crippen LogP contribution in [0.15, 0.2) is 0 Å². The Balaban J connectivity index is 1.58. The van der Waals surface area contributed by atoms with Crippen LogP contribution < -0.4 is 0 Å². The Hall–Kier alpha value is -0.160. The Bertz CT molecular complexity index is 297. The highest BCUT2D eigenvalue weighted by molar-refractivity contribution is 4.93. The summed E-state index contributed by atoms with van der Waals surface area (Å²) in [6.07, 6.45) is 8.04. The van der Waals surface area contributed by atoms with Crippen LogP contribution in [0.25, 0.3) is 0 Å². The van der Waals surface area contributed by atoms with Crippen molar-refractivity contribution in [3.05, 3.63) is 0 Å². The van der Waals surface area contributed by atoms with Crippen molar-refractivity contribution in [2.75, 3.05) is 39.5 Å². The molecule has 1 N–H and O–H groups in total. The zero-order valence-electron chi connectivity index (χ0n) is 12.6. The van der Waals surface area contributed by atoms with E-state index < -0.39 is 0 Å². The molecule has 3 aliphatic rings. The van der Waals surface area contributed by atoms with Crippen molar-refractivity contribution in [3.8, 4) is 0 Å². The SMILES string of the molecule is OCCC1CCCN(C2CCOC3(CCOCC3)C2)C1. The Morgan fingerprint density at radius 1 is 1.15 bits per heavy atom. The second-order valence-corrected chi connectivity index (χ2v) is 6.81. The van der Waals surface area contributed by atoms with Crippen LogP contribution >= 0.6 is 0 Å². The van der Waals surface area contributed by atoms with Crippen LogP contribution in [-0.2, 0) is 9.47 Å². The summed E-state index contributed by atoms with van der Waals surface area (Å²) in [4.78, 5) is 2.68. The van der Waals surface area contributed by atoms with Gasteiger partial charge in [-0.2, -0.15) is 0 Å². The van der Waals surface area contributed by atoms with E-state index in [0.717, 1.165) is 39.1 Å². The van der Waals surface area contributed by atoms with Crippen molar-refractivity contribution >= 4 is 0 Å². The largest absolute Gasteiger partial charge is 0.396 e. The lowest BCUT2D eigenvalue weighted by Gasteiger charge is -2.48. The summed E-state index contributed by atoms with van der Waals surface area (Å²) in [5.74, 6) is 0.697. The maximum atomic E-state index is 9.16. The van der Waals surface area contributed by atoms with Gasteiger partial charge in [-0.3, -0.25) is 4.90 Å². The summed E-state index contributed by atoms with van der Waals surface area (Å²) >= 11 is 0. The third kappa shape index (κ3) is 3.35. The van der Waals surface area contributed by atoms with E-state index >= 15 is 0 Å². The number of aliphatic hydroxyl groups is 1. The van der Waals surface area contributed by atoms with Crippen molar-refractivity contribution in [1.29, 1.82) is 0 Å². The molecule has 116 valence electrons. The van der Waals surface area contributed by atoms with Gasteiger partial charge in [0.2, 0.25) is 0 Å². The summed E-state index contributed by atoms with van der Waals surface area (Å²) in [5, 5.41) is 9.16. The molecule has 4 heteroatoms. The molecule has 3 aliphatic heterocycles. The molecule has 0 aromatic heterocycles. The Labute approximate surface area is 122 Å². The predicted molar refractivity (Wildman–Crippen MR) is 77.8 cm³/mol. The van der Waals surface area contributed by atoms with E-state index in [1.807, 2.05) is 0 Å². The summed E-state index contributed by atoms with van der Waals surface area (Å²) < 4.78 is 11.7. The highest BCUT2D eigenvalue weighted by atomic mass is 16.5. The molecule has 2 unspecified atom stereocenters. The Morgan fingerprint density at radius 2 is 2.00 bits per heavy atom. The maximum Gasteiger partial charge on any atom is 0.0741 e. The molecule has 0 amide bonds. The van der Waals surface area contributed by atoms with Crippen LogP contribution in [0.2, 0.25) is 0 Å². The molecule has 3 rings (SSSR count). The van der Waals surface area contributed by atoms with Crippen LogP contribution in [0.1, 0.15) is 44.9 Å². The third-order valence-corrected chi connectivity index (χ3v) is 5.48. The molecule has 0 saturated carbocycles. The predicted octanol–water partition coefficient (Wildman–Crippen LogP) is 1.81. The summed E-state index contributed by atoms with van der Waals surface area (Å²) in [6.45, 7) is 5.39. The van der Waals surface area contributed by atoms with E-state index in [-0.39, 0.29) is 5.60 Å². The second-order valence-electron chi connectivity index (χ2n) is 6.81. The number of ether oxygens (including phenoxy) is 2. The van der Waals surface area contributed by atoms with Crippen molar-refractivity contribution in [2.45, 2.75) is 56.6 Å². The Kier molecular flexibility index (Phi) is 4.97.